The maximum absolute atomic E-state index is 9.46. The van der Waals surface area contributed by atoms with E-state index in [0.29, 0.717) is 12.2 Å². The topological polar surface area (TPSA) is 51.5 Å². The van der Waals surface area contributed by atoms with E-state index in [-0.39, 0.29) is 0 Å². The fourth-order valence-corrected chi connectivity index (χ4v) is 3.54. The Morgan fingerprint density at radius 1 is 1.08 bits per heavy atom. The molecule has 2 saturated heterocycles. The fourth-order valence-electron chi connectivity index (χ4n) is 3.54. The Hall–Kier alpha value is -1.77. The summed E-state index contributed by atoms with van der Waals surface area (Å²) < 4.78 is 5.87. The van der Waals surface area contributed by atoms with Crippen LogP contribution in [0.1, 0.15) is 31.2 Å². The molecular weight excluding hydrogens is 300 g/mol. The van der Waals surface area contributed by atoms with E-state index in [4.69, 9.17) is 4.74 Å². The predicted octanol–water partition coefficient (Wildman–Crippen LogP) is 2.22. The monoisotopic (exact) mass is 328 g/mol. The zero-order valence-electron chi connectivity index (χ0n) is 14.5. The molecule has 0 radical (unpaired) electrons. The van der Waals surface area contributed by atoms with Crippen LogP contribution < -0.4 is 15.0 Å². The Labute approximate surface area is 145 Å². The van der Waals surface area contributed by atoms with Gasteiger partial charge in [0.05, 0.1) is 17.9 Å². The number of hydrogen-bond donors (Lipinski definition) is 1. The van der Waals surface area contributed by atoms with Gasteiger partial charge in [-0.15, -0.1) is 0 Å². The third-order valence-electron chi connectivity index (χ3n) is 4.88. The smallest absolute Gasteiger partial charge is 0.120 e. The summed E-state index contributed by atoms with van der Waals surface area (Å²) in [4.78, 5) is 4.80. The van der Waals surface area contributed by atoms with Gasteiger partial charge >= 0.3 is 0 Å². The highest BCUT2D eigenvalue weighted by Crippen LogP contribution is 2.25. The van der Waals surface area contributed by atoms with Crippen molar-refractivity contribution in [1.82, 2.24) is 10.2 Å². The third kappa shape index (κ3) is 4.62. The molecule has 2 fully saturated rings. The number of ether oxygens (including phenoxy) is 1. The van der Waals surface area contributed by atoms with Crippen LogP contribution in [-0.4, -0.2) is 57.3 Å². The van der Waals surface area contributed by atoms with Gasteiger partial charge in [0.2, 0.25) is 0 Å². The van der Waals surface area contributed by atoms with Gasteiger partial charge in [-0.3, -0.25) is 0 Å². The number of rotatable bonds is 6. The van der Waals surface area contributed by atoms with Crippen LogP contribution in [0.3, 0.4) is 0 Å². The van der Waals surface area contributed by atoms with E-state index in [1.165, 1.54) is 32.4 Å². The maximum atomic E-state index is 9.46. The minimum Gasteiger partial charge on any atom is -0.493 e. The number of piperazine rings is 1. The summed E-state index contributed by atoms with van der Waals surface area (Å²) in [6, 6.07) is 8.24. The van der Waals surface area contributed by atoms with E-state index >= 15 is 0 Å². The van der Waals surface area contributed by atoms with Crippen molar-refractivity contribution in [3.8, 4) is 11.8 Å². The number of nitrogens with zero attached hydrogens (tertiary/aromatic N) is 3. The molecule has 0 aromatic heterocycles. The average molecular weight is 328 g/mol. The molecule has 1 aromatic rings. The van der Waals surface area contributed by atoms with E-state index in [1.54, 1.807) is 0 Å². The van der Waals surface area contributed by atoms with Crippen LogP contribution in [0.4, 0.5) is 5.69 Å². The van der Waals surface area contributed by atoms with Gasteiger partial charge in [-0.1, -0.05) is 6.42 Å². The summed E-state index contributed by atoms with van der Waals surface area (Å²) in [5.41, 5.74) is 1.74. The molecule has 0 unspecified atom stereocenters. The molecule has 5 heteroatoms. The first kappa shape index (κ1) is 17.1. The van der Waals surface area contributed by atoms with Crippen LogP contribution in [0.5, 0.6) is 5.75 Å². The second-order valence-electron chi connectivity index (χ2n) is 6.63. The second-order valence-corrected chi connectivity index (χ2v) is 6.63. The molecule has 2 heterocycles. The Kier molecular flexibility index (Phi) is 6.33. The van der Waals surface area contributed by atoms with Crippen LogP contribution in [-0.2, 0) is 0 Å². The SMILES string of the molecule is N#Cc1cc(OCCCN2CCCCC2)ccc1N1CCNCC1. The molecule has 0 saturated carbocycles. The Balaban J connectivity index is 1.49. The largest absolute Gasteiger partial charge is 0.493 e. The molecule has 2 aliphatic rings. The van der Waals surface area contributed by atoms with Crippen molar-refractivity contribution in [2.24, 2.45) is 0 Å². The van der Waals surface area contributed by atoms with Crippen molar-refractivity contribution in [2.75, 3.05) is 57.3 Å². The Morgan fingerprint density at radius 2 is 1.88 bits per heavy atom. The first-order valence-electron chi connectivity index (χ1n) is 9.22. The van der Waals surface area contributed by atoms with Crippen molar-refractivity contribution < 1.29 is 4.74 Å². The minimum atomic E-state index is 0.713. The lowest BCUT2D eigenvalue weighted by Gasteiger charge is -2.30. The number of hydrogen-bond acceptors (Lipinski definition) is 5. The molecular formula is C19H28N4O. The van der Waals surface area contributed by atoms with Crippen molar-refractivity contribution in [1.29, 1.82) is 5.26 Å². The van der Waals surface area contributed by atoms with Gasteiger partial charge in [0.25, 0.3) is 0 Å². The lowest BCUT2D eigenvalue weighted by Crippen LogP contribution is -2.43. The summed E-state index contributed by atoms with van der Waals surface area (Å²) in [7, 11) is 0. The van der Waals surface area contributed by atoms with Crippen LogP contribution >= 0.6 is 0 Å². The van der Waals surface area contributed by atoms with Crippen LogP contribution in [0.2, 0.25) is 0 Å². The molecule has 0 spiro atoms. The molecule has 3 rings (SSSR count). The minimum absolute atomic E-state index is 0.713. The molecule has 130 valence electrons. The predicted molar refractivity (Wildman–Crippen MR) is 96.6 cm³/mol. The molecule has 1 aromatic carbocycles. The van der Waals surface area contributed by atoms with Crippen molar-refractivity contribution in [3.05, 3.63) is 23.8 Å². The average Bonchev–Trinajstić information content (AvgIpc) is 2.66. The van der Waals surface area contributed by atoms with Crippen molar-refractivity contribution in [2.45, 2.75) is 25.7 Å². The molecule has 0 amide bonds. The maximum Gasteiger partial charge on any atom is 0.120 e. The van der Waals surface area contributed by atoms with Gasteiger partial charge in [0, 0.05) is 32.7 Å². The quantitative estimate of drug-likeness (QED) is 0.812. The number of benzene rings is 1. The van der Waals surface area contributed by atoms with E-state index < -0.39 is 0 Å². The highest BCUT2D eigenvalue weighted by Gasteiger charge is 2.15. The molecule has 1 N–H and O–H groups in total. The van der Waals surface area contributed by atoms with Gasteiger partial charge < -0.3 is 19.9 Å². The summed E-state index contributed by atoms with van der Waals surface area (Å²) in [5, 5.41) is 12.8. The van der Waals surface area contributed by atoms with Gasteiger partial charge in [-0.25, -0.2) is 0 Å². The summed E-state index contributed by atoms with van der Waals surface area (Å²) in [6.07, 6.45) is 5.09. The highest BCUT2D eigenvalue weighted by atomic mass is 16.5. The second kappa shape index (κ2) is 8.91. The van der Waals surface area contributed by atoms with E-state index in [0.717, 1.165) is 50.6 Å². The molecule has 5 nitrogen and oxygen atoms in total. The molecule has 0 aliphatic carbocycles. The normalized spacial score (nSPS) is 19.0. The third-order valence-corrected chi connectivity index (χ3v) is 4.88. The molecule has 2 aliphatic heterocycles. The summed E-state index contributed by atoms with van der Waals surface area (Å²) >= 11 is 0. The number of nitrogens with one attached hydrogen (secondary N) is 1. The van der Waals surface area contributed by atoms with Crippen LogP contribution in [0, 0.1) is 11.3 Å². The lowest BCUT2D eigenvalue weighted by atomic mass is 10.1. The Morgan fingerprint density at radius 3 is 2.62 bits per heavy atom. The molecule has 0 bridgehead atoms. The van der Waals surface area contributed by atoms with Gasteiger partial charge in [-0.05, 0) is 50.6 Å². The number of nitriles is 1. The van der Waals surface area contributed by atoms with Crippen molar-refractivity contribution in [3.63, 3.8) is 0 Å². The summed E-state index contributed by atoms with van der Waals surface area (Å²) in [5.74, 6) is 0.809. The van der Waals surface area contributed by atoms with Gasteiger partial charge in [0.15, 0.2) is 0 Å². The zero-order valence-corrected chi connectivity index (χ0v) is 14.5. The summed E-state index contributed by atoms with van der Waals surface area (Å²) in [6.45, 7) is 8.14. The van der Waals surface area contributed by atoms with E-state index in [9.17, 15) is 5.26 Å². The van der Waals surface area contributed by atoms with Gasteiger partial charge in [0.1, 0.15) is 11.8 Å². The molecule has 0 atom stereocenters. The number of anilines is 1. The number of likely N-dealkylation sites (tertiary alicyclic amines) is 1. The number of piperidine rings is 1. The highest BCUT2D eigenvalue weighted by molar-refractivity contribution is 5.61. The lowest BCUT2D eigenvalue weighted by molar-refractivity contribution is 0.205. The molecule has 24 heavy (non-hydrogen) atoms. The first-order valence-corrected chi connectivity index (χ1v) is 9.22. The van der Waals surface area contributed by atoms with Gasteiger partial charge in [-0.2, -0.15) is 5.26 Å². The fraction of sp³-hybridized carbons (Fsp3) is 0.632. The van der Waals surface area contributed by atoms with E-state index in [1.807, 2.05) is 18.2 Å². The standard InChI is InChI=1S/C19H28N4O/c20-16-17-15-18(5-6-19(17)23-12-7-21-8-13-23)24-14-4-11-22-9-2-1-3-10-22/h5-6,15,21H,1-4,7-14H2. The van der Waals surface area contributed by atoms with E-state index in [2.05, 4.69) is 21.2 Å². The van der Waals surface area contributed by atoms with Crippen molar-refractivity contribution >= 4 is 5.69 Å². The van der Waals surface area contributed by atoms with Crippen LogP contribution in [0.15, 0.2) is 18.2 Å². The van der Waals surface area contributed by atoms with Crippen LogP contribution in [0.25, 0.3) is 0 Å². The zero-order chi connectivity index (χ0) is 16.6. The Bertz CT molecular complexity index is 557. The first-order chi connectivity index (χ1) is 11.9.